The molecule has 39 heavy (non-hydrogen) atoms. The average molecular weight is 545 g/mol. The minimum atomic E-state index is -1.59. The summed E-state index contributed by atoms with van der Waals surface area (Å²) in [7, 11) is 1.66. The summed E-state index contributed by atoms with van der Waals surface area (Å²) in [4.78, 5) is 30.3. The van der Waals surface area contributed by atoms with Crippen molar-refractivity contribution in [3.8, 4) is 5.75 Å². The first-order valence-electron chi connectivity index (χ1n) is 12.9. The molecule has 0 radical (unpaired) electrons. The number of hydrogen-bond donors (Lipinski definition) is 2. The number of rotatable bonds is 11. The van der Waals surface area contributed by atoms with Crippen molar-refractivity contribution in [1.82, 2.24) is 4.90 Å². The molecular formula is C31H32N2O5S. The predicted molar refractivity (Wildman–Crippen MR) is 155 cm³/mol. The Labute approximate surface area is 232 Å². The SMILES string of the molecule is CCCCCc1ccc(COc2ccc(C=C3SC(=Nc4ccc(C(O)C(=O)O)cc4)N(C)C3=O)cc2)cc1. The minimum absolute atomic E-state index is 0.157. The Kier molecular flexibility index (Phi) is 9.57. The van der Waals surface area contributed by atoms with Crippen LogP contribution in [0.25, 0.3) is 6.08 Å². The van der Waals surface area contributed by atoms with Gasteiger partial charge in [-0.05, 0) is 77.2 Å². The van der Waals surface area contributed by atoms with E-state index in [1.165, 1.54) is 53.6 Å². The summed E-state index contributed by atoms with van der Waals surface area (Å²) in [6, 6.07) is 22.4. The number of amides is 1. The number of carbonyl (C=O) groups excluding carboxylic acids is 1. The minimum Gasteiger partial charge on any atom is -0.489 e. The first kappa shape index (κ1) is 28.1. The van der Waals surface area contributed by atoms with E-state index in [1.807, 2.05) is 30.3 Å². The molecule has 7 nitrogen and oxygen atoms in total. The number of aliphatic hydroxyl groups excluding tert-OH is 1. The summed E-state index contributed by atoms with van der Waals surface area (Å²) in [6.45, 7) is 2.70. The molecule has 2 N–H and O–H groups in total. The molecule has 1 unspecified atom stereocenters. The molecule has 0 bridgehead atoms. The number of carboxylic acid groups (broad SMARTS) is 1. The molecule has 4 rings (SSSR count). The summed E-state index contributed by atoms with van der Waals surface area (Å²) in [5, 5.41) is 19.1. The van der Waals surface area contributed by atoms with E-state index in [4.69, 9.17) is 9.84 Å². The van der Waals surface area contributed by atoms with Gasteiger partial charge in [0.25, 0.3) is 5.91 Å². The van der Waals surface area contributed by atoms with E-state index in [0.29, 0.717) is 22.4 Å². The molecule has 0 saturated carbocycles. The highest BCUT2D eigenvalue weighted by Crippen LogP contribution is 2.33. The number of aliphatic imine (C=N–C) groups is 1. The molecular weight excluding hydrogens is 512 g/mol. The summed E-state index contributed by atoms with van der Waals surface area (Å²) in [6.07, 6.45) is 5.05. The maximum Gasteiger partial charge on any atom is 0.337 e. The predicted octanol–water partition coefficient (Wildman–Crippen LogP) is 6.35. The molecule has 1 atom stereocenters. The van der Waals surface area contributed by atoms with Crippen molar-refractivity contribution in [2.24, 2.45) is 4.99 Å². The first-order valence-corrected chi connectivity index (χ1v) is 13.7. The number of thioether (sulfide) groups is 1. The Morgan fingerprint density at radius 2 is 1.67 bits per heavy atom. The molecule has 1 aliphatic heterocycles. The van der Waals surface area contributed by atoms with Gasteiger partial charge in [0.15, 0.2) is 11.3 Å². The number of aryl methyl sites for hydroxylation is 1. The van der Waals surface area contributed by atoms with Gasteiger partial charge in [0.2, 0.25) is 0 Å². The lowest BCUT2D eigenvalue weighted by molar-refractivity contribution is -0.147. The van der Waals surface area contributed by atoms with Gasteiger partial charge in [0, 0.05) is 7.05 Å². The fourth-order valence-corrected chi connectivity index (χ4v) is 4.98. The monoisotopic (exact) mass is 544 g/mol. The molecule has 1 heterocycles. The van der Waals surface area contributed by atoms with E-state index < -0.39 is 12.1 Å². The van der Waals surface area contributed by atoms with Gasteiger partial charge in [-0.25, -0.2) is 9.79 Å². The first-order chi connectivity index (χ1) is 18.8. The van der Waals surface area contributed by atoms with Crippen molar-refractivity contribution in [2.75, 3.05) is 7.05 Å². The quantitative estimate of drug-likeness (QED) is 0.216. The number of aliphatic hydroxyl groups is 1. The zero-order valence-electron chi connectivity index (χ0n) is 22.0. The lowest BCUT2D eigenvalue weighted by Gasteiger charge is -2.08. The van der Waals surface area contributed by atoms with Gasteiger partial charge in [0.05, 0.1) is 10.6 Å². The molecule has 3 aromatic rings. The van der Waals surface area contributed by atoms with Gasteiger partial charge >= 0.3 is 5.97 Å². The van der Waals surface area contributed by atoms with E-state index in [2.05, 4.69) is 36.2 Å². The van der Waals surface area contributed by atoms with Crippen LogP contribution in [0.2, 0.25) is 0 Å². The van der Waals surface area contributed by atoms with Crippen molar-refractivity contribution in [1.29, 1.82) is 0 Å². The van der Waals surface area contributed by atoms with Crippen LogP contribution < -0.4 is 4.74 Å². The third kappa shape index (κ3) is 7.59. The summed E-state index contributed by atoms with van der Waals surface area (Å²) in [5.41, 5.74) is 4.16. The van der Waals surface area contributed by atoms with Crippen molar-refractivity contribution in [3.05, 3.63) is 100.0 Å². The van der Waals surface area contributed by atoms with Gasteiger partial charge in [-0.1, -0.05) is 68.3 Å². The summed E-state index contributed by atoms with van der Waals surface area (Å²) >= 11 is 1.26. The highest BCUT2D eigenvalue weighted by molar-refractivity contribution is 8.18. The van der Waals surface area contributed by atoms with Crippen LogP contribution in [0.4, 0.5) is 5.69 Å². The maximum absolute atomic E-state index is 12.8. The number of nitrogens with zero attached hydrogens (tertiary/aromatic N) is 2. The zero-order chi connectivity index (χ0) is 27.8. The van der Waals surface area contributed by atoms with Crippen LogP contribution in [0, 0.1) is 0 Å². The second-order valence-electron chi connectivity index (χ2n) is 9.33. The van der Waals surface area contributed by atoms with Crippen LogP contribution in [-0.2, 0) is 22.6 Å². The van der Waals surface area contributed by atoms with Crippen molar-refractivity contribution >= 4 is 40.6 Å². The molecule has 3 aromatic carbocycles. The molecule has 1 aliphatic rings. The normalized spacial score (nSPS) is 16.2. The Morgan fingerprint density at radius 3 is 2.31 bits per heavy atom. The number of carboxylic acids is 1. The molecule has 202 valence electrons. The molecule has 0 spiro atoms. The topological polar surface area (TPSA) is 99.4 Å². The number of unbranched alkanes of at least 4 members (excludes halogenated alkanes) is 2. The largest absolute Gasteiger partial charge is 0.489 e. The lowest BCUT2D eigenvalue weighted by atomic mass is 10.1. The zero-order valence-corrected chi connectivity index (χ0v) is 22.9. The third-order valence-electron chi connectivity index (χ3n) is 6.35. The van der Waals surface area contributed by atoms with E-state index in [1.54, 1.807) is 19.2 Å². The van der Waals surface area contributed by atoms with E-state index in [-0.39, 0.29) is 11.5 Å². The standard InChI is InChI=1S/C31H32N2O5S/c1-3-4-5-6-21-7-9-23(10-8-21)20-38-26-17-11-22(12-18-26)19-27-29(35)33(2)31(39-27)32-25-15-13-24(14-16-25)28(34)30(36)37/h7-19,28,34H,3-6,20H2,1-2H3,(H,36,37). The second-order valence-corrected chi connectivity index (χ2v) is 10.3. The van der Waals surface area contributed by atoms with Crippen LogP contribution in [0.5, 0.6) is 5.75 Å². The summed E-state index contributed by atoms with van der Waals surface area (Å²) < 4.78 is 5.94. The molecule has 1 amide bonds. The van der Waals surface area contributed by atoms with E-state index >= 15 is 0 Å². The molecule has 0 aromatic heterocycles. The number of likely N-dealkylation sites (N-methyl/N-ethyl adjacent to an activating group) is 1. The van der Waals surface area contributed by atoms with Crippen LogP contribution in [-0.4, -0.2) is 39.2 Å². The number of benzene rings is 3. The van der Waals surface area contributed by atoms with Crippen LogP contribution in [0.15, 0.2) is 82.7 Å². The Bertz CT molecular complexity index is 1350. The Balaban J connectivity index is 1.35. The number of hydrogen-bond acceptors (Lipinski definition) is 6. The Hall–Kier alpha value is -3.88. The van der Waals surface area contributed by atoms with Crippen molar-refractivity contribution in [2.45, 2.75) is 45.3 Å². The van der Waals surface area contributed by atoms with Gasteiger partial charge in [-0.15, -0.1) is 0 Å². The van der Waals surface area contributed by atoms with Gasteiger partial charge in [0.1, 0.15) is 12.4 Å². The number of amidine groups is 1. The number of ether oxygens (including phenoxy) is 1. The highest BCUT2D eigenvalue weighted by atomic mass is 32.2. The van der Waals surface area contributed by atoms with Crippen LogP contribution in [0.3, 0.4) is 0 Å². The number of carbonyl (C=O) groups is 2. The van der Waals surface area contributed by atoms with Gasteiger partial charge in [-0.2, -0.15) is 0 Å². The average Bonchev–Trinajstić information content (AvgIpc) is 3.21. The van der Waals surface area contributed by atoms with Crippen LogP contribution >= 0.6 is 11.8 Å². The van der Waals surface area contributed by atoms with Crippen molar-refractivity contribution in [3.63, 3.8) is 0 Å². The lowest BCUT2D eigenvalue weighted by Crippen LogP contribution is -2.23. The molecule has 8 heteroatoms. The van der Waals surface area contributed by atoms with Gasteiger partial charge < -0.3 is 14.9 Å². The number of aliphatic carboxylic acids is 1. The molecule has 1 fully saturated rings. The van der Waals surface area contributed by atoms with Crippen molar-refractivity contribution < 1.29 is 24.5 Å². The fraction of sp³-hybridized carbons (Fsp3) is 0.258. The second kappa shape index (κ2) is 13.3. The Morgan fingerprint density at radius 1 is 1.00 bits per heavy atom. The third-order valence-corrected chi connectivity index (χ3v) is 7.41. The molecule has 0 aliphatic carbocycles. The fourth-order valence-electron chi connectivity index (χ4n) is 4.00. The van der Waals surface area contributed by atoms with E-state index in [0.717, 1.165) is 23.3 Å². The maximum atomic E-state index is 12.8. The smallest absolute Gasteiger partial charge is 0.337 e. The molecule has 1 saturated heterocycles. The highest BCUT2D eigenvalue weighted by Gasteiger charge is 2.30. The summed E-state index contributed by atoms with van der Waals surface area (Å²) in [5.74, 6) is -0.719. The van der Waals surface area contributed by atoms with Gasteiger partial charge in [-0.3, -0.25) is 9.69 Å². The van der Waals surface area contributed by atoms with E-state index in [9.17, 15) is 14.7 Å². The van der Waals surface area contributed by atoms with Crippen LogP contribution in [0.1, 0.15) is 54.5 Å².